The first kappa shape index (κ1) is 18.9. The van der Waals surface area contributed by atoms with Crippen LogP contribution in [0.3, 0.4) is 0 Å². The summed E-state index contributed by atoms with van der Waals surface area (Å²) in [5.74, 6) is 0.751. The van der Waals surface area contributed by atoms with Crippen molar-refractivity contribution in [3.8, 4) is 5.75 Å². The number of halogens is 2. The van der Waals surface area contributed by atoms with Crippen LogP contribution in [0.4, 0.5) is 0 Å². The smallest absolute Gasteiger partial charge is 0.238 e. The number of ether oxygens (including phenoxy) is 1. The zero-order chi connectivity index (χ0) is 19.4. The van der Waals surface area contributed by atoms with Crippen molar-refractivity contribution in [1.82, 2.24) is 0 Å². The molecule has 0 aromatic heterocycles. The first-order valence-corrected chi connectivity index (χ1v) is 11.5. The van der Waals surface area contributed by atoms with Crippen molar-refractivity contribution in [2.45, 2.75) is 17.7 Å². The van der Waals surface area contributed by atoms with Crippen LogP contribution in [-0.2, 0) is 10.0 Å². The zero-order valence-electron chi connectivity index (χ0n) is 14.5. The Bertz CT molecular complexity index is 1080. The van der Waals surface area contributed by atoms with Crippen molar-refractivity contribution < 1.29 is 13.2 Å². The van der Waals surface area contributed by atoms with Gasteiger partial charge in [-0.2, -0.15) is 0 Å². The SMILES string of the molecule is COc1c(Br)cc(C2=CC3(C=C2c2ccc(S(N)(=O)=O)cc2)CC3)cc1Br. The van der Waals surface area contributed by atoms with Crippen molar-refractivity contribution in [3.05, 3.63) is 68.6 Å². The summed E-state index contributed by atoms with van der Waals surface area (Å²) in [5, 5.41) is 5.22. The molecule has 0 unspecified atom stereocenters. The fourth-order valence-corrected chi connectivity index (χ4v) is 5.44. The monoisotopic (exact) mass is 509 g/mol. The van der Waals surface area contributed by atoms with Crippen LogP contribution in [0.1, 0.15) is 24.0 Å². The molecule has 0 aliphatic heterocycles. The molecule has 0 atom stereocenters. The van der Waals surface area contributed by atoms with Gasteiger partial charge in [0, 0.05) is 5.41 Å². The fourth-order valence-electron chi connectivity index (χ4n) is 3.42. The second-order valence-corrected chi connectivity index (χ2v) is 10.2. The lowest BCUT2D eigenvalue weighted by Crippen LogP contribution is -2.11. The summed E-state index contributed by atoms with van der Waals surface area (Å²) in [6, 6.07) is 10.8. The van der Waals surface area contributed by atoms with Crippen LogP contribution < -0.4 is 9.88 Å². The van der Waals surface area contributed by atoms with Crippen LogP contribution in [-0.4, -0.2) is 15.5 Å². The van der Waals surface area contributed by atoms with E-state index >= 15 is 0 Å². The molecule has 140 valence electrons. The van der Waals surface area contributed by atoms with Gasteiger partial charge in [-0.15, -0.1) is 0 Å². The molecule has 1 spiro atoms. The third-order valence-electron chi connectivity index (χ3n) is 4.99. The minimum atomic E-state index is -3.70. The molecule has 2 N–H and O–H groups in total. The van der Waals surface area contributed by atoms with Crippen LogP contribution in [0.15, 0.2) is 62.4 Å². The molecule has 0 heterocycles. The molecule has 7 heteroatoms. The molecular weight excluding hydrogens is 494 g/mol. The van der Waals surface area contributed by atoms with Crippen LogP contribution >= 0.6 is 31.9 Å². The van der Waals surface area contributed by atoms with Crippen molar-refractivity contribution in [2.24, 2.45) is 10.6 Å². The van der Waals surface area contributed by atoms with E-state index in [4.69, 9.17) is 9.88 Å². The number of nitrogens with two attached hydrogens (primary N) is 1. The second-order valence-electron chi connectivity index (χ2n) is 6.89. The molecule has 0 saturated heterocycles. The van der Waals surface area contributed by atoms with Gasteiger partial charge >= 0.3 is 0 Å². The highest BCUT2D eigenvalue weighted by atomic mass is 79.9. The summed E-state index contributed by atoms with van der Waals surface area (Å²) in [6.45, 7) is 0. The molecule has 1 saturated carbocycles. The van der Waals surface area contributed by atoms with E-state index in [1.54, 1.807) is 19.2 Å². The van der Waals surface area contributed by atoms with Gasteiger partial charge in [-0.3, -0.25) is 0 Å². The Morgan fingerprint density at radius 1 is 0.963 bits per heavy atom. The summed E-state index contributed by atoms with van der Waals surface area (Å²) >= 11 is 7.15. The number of primary sulfonamides is 1. The Labute approximate surface area is 175 Å². The predicted molar refractivity (Wildman–Crippen MR) is 114 cm³/mol. The van der Waals surface area contributed by atoms with Crippen molar-refractivity contribution in [2.75, 3.05) is 7.11 Å². The average molecular weight is 511 g/mol. The van der Waals surface area contributed by atoms with Gasteiger partial charge < -0.3 is 4.74 Å². The Kier molecular flexibility index (Phi) is 4.62. The second kappa shape index (κ2) is 6.58. The lowest BCUT2D eigenvalue weighted by molar-refractivity contribution is 0.409. The topological polar surface area (TPSA) is 69.4 Å². The van der Waals surface area contributed by atoms with Crippen molar-refractivity contribution in [3.63, 3.8) is 0 Å². The number of benzene rings is 2. The van der Waals surface area contributed by atoms with Gasteiger partial charge in [-0.25, -0.2) is 13.6 Å². The zero-order valence-corrected chi connectivity index (χ0v) is 18.5. The number of hydrogen-bond acceptors (Lipinski definition) is 3. The van der Waals surface area contributed by atoms with E-state index in [1.165, 1.54) is 0 Å². The van der Waals surface area contributed by atoms with Gasteiger partial charge in [-0.05, 0) is 91.2 Å². The molecule has 27 heavy (non-hydrogen) atoms. The predicted octanol–water partition coefficient (Wildman–Crippen LogP) is 5.13. The highest BCUT2D eigenvalue weighted by Gasteiger charge is 2.43. The van der Waals surface area contributed by atoms with E-state index in [9.17, 15) is 8.42 Å². The van der Waals surface area contributed by atoms with Gasteiger partial charge in [0.15, 0.2) is 0 Å². The standard InChI is InChI=1S/C20H17Br2NO3S/c1-26-19-17(21)8-13(9-18(19)22)16-11-20(6-7-20)10-15(16)12-2-4-14(5-3-12)27(23,24)25/h2-5,8-11H,6-7H2,1H3,(H2,23,24,25). The first-order chi connectivity index (χ1) is 12.7. The van der Waals surface area contributed by atoms with E-state index in [-0.39, 0.29) is 10.3 Å². The third-order valence-corrected chi connectivity index (χ3v) is 7.10. The Morgan fingerprint density at radius 2 is 1.48 bits per heavy atom. The normalized spacial score (nSPS) is 17.6. The number of hydrogen-bond donors (Lipinski definition) is 1. The molecule has 4 nitrogen and oxygen atoms in total. The maximum atomic E-state index is 11.5. The van der Waals surface area contributed by atoms with E-state index < -0.39 is 10.0 Å². The fraction of sp³-hybridized carbons (Fsp3) is 0.200. The van der Waals surface area contributed by atoms with Crippen LogP contribution in [0.25, 0.3) is 11.1 Å². The molecule has 0 bridgehead atoms. The summed E-state index contributed by atoms with van der Waals surface area (Å²) < 4.78 is 30.2. The summed E-state index contributed by atoms with van der Waals surface area (Å²) in [6.07, 6.45) is 6.87. The molecule has 0 radical (unpaired) electrons. The van der Waals surface area contributed by atoms with Gasteiger partial charge in [0.25, 0.3) is 0 Å². The van der Waals surface area contributed by atoms with E-state index in [1.807, 2.05) is 24.3 Å². The van der Waals surface area contributed by atoms with Gasteiger partial charge in [0.05, 0.1) is 21.0 Å². The van der Waals surface area contributed by atoms with Crippen molar-refractivity contribution >= 4 is 53.0 Å². The summed E-state index contributed by atoms with van der Waals surface area (Å²) in [7, 11) is -2.06. The Morgan fingerprint density at radius 3 is 1.93 bits per heavy atom. The third kappa shape index (κ3) is 3.53. The maximum absolute atomic E-state index is 11.5. The number of sulfonamides is 1. The van der Waals surface area contributed by atoms with E-state index in [2.05, 4.69) is 44.0 Å². The number of allylic oxidation sites excluding steroid dienone is 4. The van der Waals surface area contributed by atoms with Crippen LogP contribution in [0, 0.1) is 5.41 Å². The minimum Gasteiger partial charge on any atom is -0.494 e. The highest BCUT2D eigenvalue weighted by molar-refractivity contribution is 9.11. The maximum Gasteiger partial charge on any atom is 0.238 e. The Hall–Kier alpha value is -1.41. The summed E-state index contributed by atoms with van der Waals surface area (Å²) in [4.78, 5) is 0.117. The molecule has 1 fully saturated rings. The lowest BCUT2D eigenvalue weighted by Gasteiger charge is -2.13. The van der Waals surface area contributed by atoms with Gasteiger partial charge in [0.2, 0.25) is 10.0 Å². The molecule has 0 amide bonds. The molecule has 4 rings (SSSR count). The Balaban J connectivity index is 1.79. The molecule has 2 aliphatic rings. The lowest BCUT2D eigenvalue weighted by atomic mass is 9.95. The minimum absolute atomic E-state index is 0.117. The molecule has 2 aromatic rings. The molecular formula is C20H17Br2NO3S. The van der Waals surface area contributed by atoms with E-state index in [0.717, 1.165) is 49.8 Å². The average Bonchev–Trinajstić information content (AvgIpc) is 3.24. The number of methoxy groups -OCH3 is 1. The van der Waals surface area contributed by atoms with Crippen LogP contribution in [0.5, 0.6) is 5.75 Å². The number of rotatable bonds is 4. The van der Waals surface area contributed by atoms with E-state index in [0.29, 0.717) is 0 Å². The first-order valence-electron chi connectivity index (χ1n) is 8.35. The van der Waals surface area contributed by atoms with Gasteiger partial charge in [0.1, 0.15) is 5.75 Å². The quantitative estimate of drug-likeness (QED) is 0.619. The van der Waals surface area contributed by atoms with Crippen LogP contribution in [0.2, 0.25) is 0 Å². The van der Waals surface area contributed by atoms with Crippen molar-refractivity contribution in [1.29, 1.82) is 0 Å². The molecule has 2 aromatic carbocycles. The largest absolute Gasteiger partial charge is 0.494 e. The molecule has 2 aliphatic carbocycles. The summed E-state index contributed by atoms with van der Waals surface area (Å²) in [5.41, 5.74) is 4.42. The highest BCUT2D eigenvalue weighted by Crippen LogP contribution is 2.58. The van der Waals surface area contributed by atoms with Gasteiger partial charge in [-0.1, -0.05) is 24.3 Å².